The smallest absolute Gasteiger partial charge is 0.192 e. The molecule has 2 rings (SSSR count). The molecular weight excluding hydrogens is 264 g/mol. The summed E-state index contributed by atoms with van der Waals surface area (Å²) in [6.45, 7) is 4.31. The van der Waals surface area contributed by atoms with E-state index >= 15 is 0 Å². The van der Waals surface area contributed by atoms with E-state index in [1.54, 1.807) is 12.1 Å². The Labute approximate surface area is 125 Å². The van der Waals surface area contributed by atoms with E-state index in [0.717, 1.165) is 12.2 Å². The molecule has 1 aromatic carbocycles. The summed E-state index contributed by atoms with van der Waals surface area (Å²) in [6.07, 6.45) is 9.03. The van der Waals surface area contributed by atoms with Crippen molar-refractivity contribution in [3.63, 3.8) is 0 Å². The Kier molecular flexibility index (Phi) is 5.85. The number of benzene rings is 1. The molecule has 0 saturated heterocycles. The van der Waals surface area contributed by atoms with Gasteiger partial charge in [-0.3, -0.25) is 4.79 Å². The van der Waals surface area contributed by atoms with Gasteiger partial charge in [-0.1, -0.05) is 32.6 Å². The second-order valence-corrected chi connectivity index (χ2v) is 5.57. The van der Waals surface area contributed by atoms with Crippen LogP contribution in [0.15, 0.2) is 39.7 Å². The Hall–Kier alpha value is -1.77. The van der Waals surface area contributed by atoms with Crippen LogP contribution in [-0.4, -0.2) is 6.10 Å². The van der Waals surface area contributed by atoms with Gasteiger partial charge in [-0.25, -0.2) is 0 Å². The van der Waals surface area contributed by atoms with Crippen molar-refractivity contribution in [3.05, 3.63) is 40.8 Å². The van der Waals surface area contributed by atoms with Crippen LogP contribution in [-0.2, 0) is 0 Å². The van der Waals surface area contributed by atoms with Gasteiger partial charge in [0.15, 0.2) is 5.43 Å². The predicted molar refractivity (Wildman–Crippen MR) is 86.0 cm³/mol. The van der Waals surface area contributed by atoms with E-state index in [1.165, 1.54) is 44.4 Å². The summed E-state index contributed by atoms with van der Waals surface area (Å²) in [6, 6.07) is 6.84. The molecule has 21 heavy (non-hydrogen) atoms. The zero-order chi connectivity index (χ0) is 15.1. The van der Waals surface area contributed by atoms with Crippen LogP contribution in [0.3, 0.4) is 0 Å². The highest BCUT2D eigenvalue weighted by molar-refractivity contribution is 5.77. The molecule has 0 aliphatic carbocycles. The summed E-state index contributed by atoms with van der Waals surface area (Å²) in [7, 11) is 0. The molecule has 0 amide bonds. The molecule has 1 atom stereocenters. The predicted octanol–water partition coefficient (Wildman–Crippen LogP) is 4.92. The zero-order valence-corrected chi connectivity index (χ0v) is 12.9. The topological polar surface area (TPSA) is 39.4 Å². The molecular formula is C18H24O3. The van der Waals surface area contributed by atoms with Gasteiger partial charge < -0.3 is 9.15 Å². The van der Waals surface area contributed by atoms with Crippen LogP contribution in [0.4, 0.5) is 0 Å². The van der Waals surface area contributed by atoms with E-state index in [9.17, 15) is 4.79 Å². The minimum atomic E-state index is -0.0215. The fourth-order valence-electron chi connectivity index (χ4n) is 2.46. The normalized spacial score (nSPS) is 12.5. The van der Waals surface area contributed by atoms with Gasteiger partial charge in [0.05, 0.1) is 17.8 Å². The van der Waals surface area contributed by atoms with Crippen molar-refractivity contribution in [1.29, 1.82) is 0 Å². The lowest BCUT2D eigenvalue weighted by molar-refractivity contribution is 0.206. The highest BCUT2D eigenvalue weighted by Crippen LogP contribution is 2.20. The number of rotatable bonds is 8. The highest BCUT2D eigenvalue weighted by Gasteiger charge is 2.06. The Bertz CT molecular complexity index is 615. The van der Waals surface area contributed by atoms with Crippen molar-refractivity contribution in [2.24, 2.45) is 0 Å². The first kappa shape index (κ1) is 15.6. The first-order valence-electron chi connectivity index (χ1n) is 7.89. The number of hydrogen-bond donors (Lipinski definition) is 0. The quantitative estimate of drug-likeness (QED) is 0.647. The zero-order valence-electron chi connectivity index (χ0n) is 12.9. The van der Waals surface area contributed by atoms with Crippen molar-refractivity contribution < 1.29 is 9.15 Å². The Morgan fingerprint density at radius 3 is 2.76 bits per heavy atom. The number of unbranched alkanes of at least 4 members (excludes halogenated alkanes) is 4. The maximum Gasteiger partial charge on any atom is 0.192 e. The molecule has 3 nitrogen and oxygen atoms in total. The summed E-state index contributed by atoms with van der Waals surface area (Å²) >= 11 is 0. The van der Waals surface area contributed by atoms with E-state index in [2.05, 4.69) is 13.8 Å². The summed E-state index contributed by atoms with van der Waals surface area (Å²) in [5.41, 5.74) is 0.557. The third kappa shape index (κ3) is 4.62. The van der Waals surface area contributed by atoms with Crippen LogP contribution < -0.4 is 10.2 Å². The van der Waals surface area contributed by atoms with Crippen LogP contribution in [0.1, 0.15) is 52.4 Å². The molecule has 0 bridgehead atoms. The van der Waals surface area contributed by atoms with E-state index in [0.29, 0.717) is 11.0 Å². The molecule has 0 N–H and O–H groups in total. The maximum atomic E-state index is 11.6. The summed E-state index contributed by atoms with van der Waals surface area (Å²) < 4.78 is 11.3. The molecule has 1 aromatic heterocycles. The minimum absolute atomic E-state index is 0.0215. The van der Waals surface area contributed by atoms with Gasteiger partial charge in [-0.15, -0.1) is 0 Å². The summed E-state index contributed by atoms with van der Waals surface area (Å²) in [4.78, 5) is 11.6. The number of ether oxygens (including phenoxy) is 1. The van der Waals surface area contributed by atoms with Crippen LogP contribution in [0, 0.1) is 0 Å². The molecule has 0 aliphatic heterocycles. The molecule has 1 heterocycles. The van der Waals surface area contributed by atoms with Crippen molar-refractivity contribution in [2.45, 2.75) is 58.5 Å². The monoisotopic (exact) mass is 288 g/mol. The van der Waals surface area contributed by atoms with Crippen LogP contribution >= 0.6 is 0 Å². The van der Waals surface area contributed by atoms with Gasteiger partial charge in [-0.05, 0) is 31.9 Å². The minimum Gasteiger partial charge on any atom is -0.491 e. The standard InChI is InChI=1S/C18H24O3/c1-3-4-5-6-7-8-14(2)21-15-9-10-16-17(19)11-12-20-18(16)13-15/h9-14H,3-8H2,1-2H3. The van der Waals surface area contributed by atoms with E-state index in [-0.39, 0.29) is 11.5 Å². The van der Waals surface area contributed by atoms with Gasteiger partial charge in [0, 0.05) is 12.1 Å². The molecule has 1 unspecified atom stereocenters. The Balaban J connectivity index is 1.89. The van der Waals surface area contributed by atoms with Crippen LogP contribution in [0.25, 0.3) is 11.0 Å². The van der Waals surface area contributed by atoms with E-state index in [4.69, 9.17) is 9.15 Å². The van der Waals surface area contributed by atoms with Crippen molar-refractivity contribution >= 4 is 11.0 Å². The molecule has 0 aliphatic rings. The second-order valence-electron chi connectivity index (χ2n) is 5.57. The first-order valence-corrected chi connectivity index (χ1v) is 7.89. The summed E-state index contributed by atoms with van der Waals surface area (Å²) in [5, 5.41) is 0.595. The number of hydrogen-bond acceptors (Lipinski definition) is 3. The van der Waals surface area contributed by atoms with Crippen LogP contribution in [0.2, 0.25) is 0 Å². The largest absolute Gasteiger partial charge is 0.491 e. The van der Waals surface area contributed by atoms with Crippen molar-refractivity contribution in [1.82, 2.24) is 0 Å². The third-order valence-corrected chi connectivity index (χ3v) is 3.68. The molecule has 114 valence electrons. The van der Waals surface area contributed by atoms with Crippen molar-refractivity contribution in [3.8, 4) is 5.75 Å². The molecule has 0 fully saturated rings. The Morgan fingerprint density at radius 1 is 1.14 bits per heavy atom. The average molecular weight is 288 g/mol. The van der Waals surface area contributed by atoms with E-state index in [1.807, 2.05) is 6.07 Å². The van der Waals surface area contributed by atoms with E-state index < -0.39 is 0 Å². The van der Waals surface area contributed by atoms with Gasteiger partial charge in [0.25, 0.3) is 0 Å². The molecule has 3 heteroatoms. The Morgan fingerprint density at radius 2 is 1.95 bits per heavy atom. The lowest BCUT2D eigenvalue weighted by Gasteiger charge is -2.14. The molecule has 0 radical (unpaired) electrons. The lowest BCUT2D eigenvalue weighted by atomic mass is 10.1. The number of fused-ring (bicyclic) bond motifs is 1. The van der Waals surface area contributed by atoms with Gasteiger partial charge in [0.1, 0.15) is 11.3 Å². The SMILES string of the molecule is CCCCCCCC(C)Oc1ccc2c(=O)ccoc2c1. The maximum absolute atomic E-state index is 11.6. The molecule has 0 spiro atoms. The third-order valence-electron chi connectivity index (χ3n) is 3.68. The molecule has 2 aromatic rings. The van der Waals surface area contributed by atoms with Gasteiger partial charge in [0.2, 0.25) is 0 Å². The fraction of sp³-hybridized carbons (Fsp3) is 0.500. The lowest BCUT2D eigenvalue weighted by Crippen LogP contribution is -2.11. The summed E-state index contributed by atoms with van der Waals surface area (Å²) in [5.74, 6) is 0.762. The van der Waals surface area contributed by atoms with Gasteiger partial charge >= 0.3 is 0 Å². The van der Waals surface area contributed by atoms with Gasteiger partial charge in [-0.2, -0.15) is 0 Å². The first-order chi connectivity index (χ1) is 10.2. The highest BCUT2D eigenvalue weighted by atomic mass is 16.5. The fourth-order valence-corrected chi connectivity index (χ4v) is 2.46. The second kappa shape index (κ2) is 7.87. The van der Waals surface area contributed by atoms with Crippen molar-refractivity contribution in [2.75, 3.05) is 0 Å². The average Bonchev–Trinajstić information content (AvgIpc) is 2.47. The van der Waals surface area contributed by atoms with Crippen LogP contribution in [0.5, 0.6) is 5.75 Å². The molecule has 0 saturated carbocycles.